The van der Waals surface area contributed by atoms with Gasteiger partial charge in [-0.15, -0.1) is 0 Å². The zero-order chi connectivity index (χ0) is 10.4. The van der Waals surface area contributed by atoms with Crippen LogP contribution in [0.4, 0.5) is 0 Å². The summed E-state index contributed by atoms with van der Waals surface area (Å²) in [5.74, 6) is -0.833. The van der Waals surface area contributed by atoms with Gasteiger partial charge in [0.2, 0.25) is 0 Å². The van der Waals surface area contributed by atoms with E-state index in [1.165, 1.54) is 10.8 Å². The normalized spacial score (nSPS) is 8.33. The molecule has 0 aliphatic heterocycles. The Morgan fingerprint density at radius 2 is 1.13 bits per heavy atom. The maximum Gasteiger partial charge on any atom is 0.300 e. The van der Waals surface area contributed by atoms with Gasteiger partial charge in [-0.3, -0.25) is 4.79 Å². The van der Waals surface area contributed by atoms with Gasteiger partial charge in [-0.1, -0.05) is 48.5 Å². The molecule has 0 aromatic heterocycles. The molecule has 2 aromatic carbocycles. The van der Waals surface area contributed by atoms with Crippen LogP contribution in [0.15, 0.2) is 48.5 Å². The Morgan fingerprint density at radius 3 is 1.33 bits per heavy atom. The zero-order valence-corrected chi connectivity index (χ0v) is 11.0. The molecule has 1 N–H and O–H groups in total. The van der Waals surface area contributed by atoms with E-state index in [9.17, 15) is 0 Å². The minimum absolute atomic E-state index is 0. The Labute approximate surface area is 111 Å². The van der Waals surface area contributed by atoms with Crippen molar-refractivity contribution in [1.29, 1.82) is 0 Å². The number of carboxylic acid groups (broad SMARTS) is 1. The number of aliphatic carboxylic acids is 1. The quantitative estimate of drug-likeness (QED) is 0.680. The molecule has 0 spiro atoms. The Balaban J connectivity index is 0.000000346. The van der Waals surface area contributed by atoms with E-state index in [-0.39, 0.29) is 29.6 Å². The summed E-state index contributed by atoms with van der Waals surface area (Å²) >= 11 is 0. The number of carboxylic acids is 1. The maximum absolute atomic E-state index is 9.00. The molecular weight excluding hydrogens is 199 g/mol. The average molecular weight is 211 g/mol. The molecule has 73 valence electrons. The zero-order valence-electron chi connectivity index (χ0n) is 8.97. The SMILES string of the molecule is CC(=O)O.[Na].c1ccc2ccccc2c1. The number of hydrogen-bond donors (Lipinski definition) is 1. The van der Waals surface area contributed by atoms with E-state index in [4.69, 9.17) is 9.90 Å². The third-order valence-corrected chi connectivity index (χ3v) is 1.66. The smallest absolute Gasteiger partial charge is 0.300 e. The summed E-state index contributed by atoms with van der Waals surface area (Å²) in [6.45, 7) is 1.08. The number of benzene rings is 2. The minimum atomic E-state index is -0.833. The Kier molecular flexibility index (Phi) is 7.05. The number of carbonyl (C=O) groups is 1. The van der Waals surface area contributed by atoms with Crippen molar-refractivity contribution in [1.82, 2.24) is 0 Å². The molecule has 0 atom stereocenters. The van der Waals surface area contributed by atoms with Crippen molar-refractivity contribution in [3.63, 3.8) is 0 Å². The minimum Gasteiger partial charge on any atom is -0.481 e. The van der Waals surface area contributed by atoms with Gasteiger partial charge in [0.25, 0.3) is 5.97 Å². The predicted octanol–water partition coefficient (Wildman–Crippen LogP) is 2.55. The van der Waals surface area contributed by atoms with Gasteiger partial charge in [0.15, 0.2) is 0 Å². The largest absolute Gasteiger partial charge is 0.481 e. The van der Waals surface area contributed by atoms with Crippen LogP contribution in [0.25, 0.3) is 10.8 Å². The van der Waals surface area contributed by atoms with Crippen LogP contribution in [-0.2, 0) is 4.79 Å². The first kappa shape index (κ1) is 14.2. The Hall–Kier alpha value is -0.830. The van der Waals surface area contributed by atoms with Crippen LogP contribution in [-0.4, -0.2) is 40.6 Å². The van der Waals surface area contributed by atoms with E-state index in [0.29, 0.717) is 0 Å². The van der Waals surface area contributed by atoms with Gasteiger partial charge >= 0.3 is 0 Å². The molecule has 0 unspecified atom stereocenters. The third-order valence-electron chi connectivity index (χ3n) is 1.66. The van der Waals surface area contributed by atoms with E-state index < -0.39 is 5.97 Å². The van der Waals surface area contributed by atoms with Crippen molar-refractivity contribution >= 4 is 46.3 Å². The van der Waals surface area contributed by atoms with Crippen LogP contribution >= 0.6 is 0 Å². The second kappa shape index (κ2) is 7.46. The second-order valence-corrected chi connectivity index (χ2v) is 2.87. The van der Waals surface area contributed by atoms with Crippen LogP contribution < -0.4 is 0 Å². The van der Waals surface area contributed by atoms with E-state index in [0.717, 1.165) is 6.92 Å². The fourth-order valence-corrected chi connectivity index (χ4v) is 1.13. The van der Waals surface area contributed by atoms with Gasteiger partial charge < -0.3 is 5.11 Å². The van der Waals surface area contributed by atoms with Crippen LogP contribution in [0.5, 0.6) is 0 Å². The van der Waals surface area contributed by atoms with E-state index in [1.807, 2.05) is 0 Å². The standard InChI is InChI=1S/C10H8.C2H4O2.Na/c1-2-6-10-8-4-3-7-9(10)5-1;1-2(3)4;/h1-8H;1H3,(H,3,4);. The fraction of sp³-hybridized carbons (Fsp3) is 0.0833. The Morgan fingerprint density at radius 1 is 0.933 bits per heavy atom. The summed E-state index contributed by atoms with van der Waals surface area (Å²) in [6, 6.07) is 16.7. The summed E-state index contributed by atoms with van der Waals surface area (Å²) in [6.07, 6.45) is 0. The van der Waals surface area contributed by atoms with Gasteiger partial charge in [-0.05, 0) is 10.8 Å². The van der Waals surface area contributed by atoms with Crippen LogP contribution in [0.2, 0.25) is 0 Å². The molecule has 0 amide bonds. The monoisotopic (exact) mass is 211 g/mol. The van der Waals surface area contributed by atoms with Crippen LogP contribution in [0.1, 0.15) is 6.92 Å². The maximum atomic E-state index is 9.00. The molecule has 0 fully saturated rings. The van der Waals surface area contributed by atoms with Crippen molar-refractivity contribution in [2.45, 2.75) is 6.92 Å². The second-order valence-electron chi connectivity index (χ2n) is 2.87. The van der Waals surface area contributed by atoms with Crippen molar-refractivity contribution in [3.05, 3.63) is 48.5 Å². The van der Waals surface area contributed by atoms with E-state index in [2.05, 4.69) is 48.5 Å². The molecule has 3 heteroatoms. The van der Waals surface area contributed by atoms with Crippen molar-refractivity contribution in [2.75, 3.05) is 0 Å². The first-order valence-electron chi connectivity index (χ1n) is 4.33. The average Bonchev–Trinajstić information content (AvgIpc) is 2.17. The molecule has 0 saturated heterocycles. The molecule has 0 aliphatic rings. The van der Waals surface area contributed by atoms with Crippen molar-refractivity contribution < 1.29 is 9.90 Å². The molecule has 0 heterocycles. The molecule has 15 heavy (non-hydrogen) atoms. The Bertz CT molecular complexity index is 357. The van der Waals surface area contributed by atoms with E-state index >= 15 is 0 Å². The van der Waals surface area contributed by atoms with Crippen molar-refractivity contribution in [3.8, 4) is 0 Å². The number of fused-ring (bicyclic) bond motifs is 1. The molecule has 2 nitrogen and oxygen atoms in total. The number of rotatable bonds is 0. The topological polar surface area (TPSA) is 37.3 Å². The van der Waals surface area contributed by atoms with Gasteiger partial charge in [0.1, 0.15) is 0 Å². The van der Waals surface area contributed by atoms with Crippen LogP contribution in [0, 0.1) is 0 Å². The predicted molar refractivity (Wildman–Crippen MR) is 63.0 cm³/mol. The molecule has 0 bridgehead atoms. The fourth-order valence-electron chi connectivity index (χ4n) is 1.13. The third kappa shape index (κ3) is 5.57. The molecular formula is C12H12NaO2. The first-order valence-corrected chi connectivity index (χ1v) is 4.33. The van der Waals surface area contributed by atoms with Gasteiger partial charge in [0, 0.05) is 36.5 Å². The summed E-state index contributed by atoms with van der Waals surface area (Å²) in [5, 5.41) is 10.0. The van der Waals surface area contributed by atoms with Crippen molar-refractivity contribution in [2.24, 2.45) is 0 Å². The number of hydrogen-bond acceptors (Lipinski definition) is 1. The van der Waals surface area contributed by atoms with Gasteiger partial charge in [-0.2, -0.15) is 0 Å². The summed E-state index contributed by atoms with van der Waals surface area (Å²) in [4.78, 5) is 9.00. The molecule has 2 aromatic rings. The molecule has 1 radical (unpaired) electrons. The molecule has 0 saturated carbocycles. The summed E-state index contributed by atoms with van der Waals surface area (Å²) < 4.78 is 0. The van der Waals surface area contributed by atoms with Crippen LogP contribution in [0.3, 0.4) is 0 Å². The summed E-state index contributed by atoms with van der Waals surface area (Å²) in [5.41, 5.74) is 0. The van der Waals surface area contributed by atoms with Gasteiger partial charge in [-0.25, -0.2) is 0 Å². The first-order chi connectivity index (χ1) is 6.70. The molecule has 2 rings (SSSR count). The summed E-state index contributed by atoms with van der Waals surface area (Å²) in [7, 11) is 0. The van der Waals surface area contributed by atoms with E-state index in [1.54, 1.807) is 0 Å². The van der Waals surface area contributed by atoms with Gasteiger partial charge in [0.05, 0.1) is 0 Å². The molecule has 0 aliphatic carbocycles.